The van der Waals surface area contributed by atoms with Gasteiger partial charge in [0.1, 0.15) is 10.8 Å². The Balaban J connectivity index is 1.60. The van der Waals surface area contributed by atoms with Crippen LogP contribution in [-0.2, 0) is 12.8 Å². The van der Waals surface area contributed by atoms with Gasteiger partial charge in [-0.2, -0.15) is 0 Å². The molecule has 0 fully saturated rings. The smallest absolute Gasteiger partial charge is 0.278 e. The highest BCUT2D eigenvalue weighted by molar-refractivity contribution is 7.17. The normalized spacial score (nSPS) is 13.2. The molecule has 0 atom stereocenters. The summed E-state index contributed by atoms with van der Waals surface area (Å²) in [5.74, 6) is -1.14. The molecule has 8 heteroatoms. The Hall–Kier alpha value is -3.00. The number of aryl methyl sites for hydroxylation is 2. The zero-order chi connectivity index (χ0) is 19.8. The molecule has 144 valence electrons. The lowest BCUT2D eigenvalue weighted by molar-refractivity contribution is 0.100. The number of hydrogen-bond donors (Lipinski definition) is 2. The molecule has 3 aromatic rings. The van der Waals surface area contributed by atoms with Crippen molar-refractivity contribution in [1.29, 1.82) is 0 Å². The third kappa shape index (κ3) is 3.31. The van der Waals surface area contributed by atoms with Crippen LogP contribution in [0.2, 0.25) is 0 Å². The van der Waals surface area contributed by atoms with Gasteiger partial charge in [-0.1, -0.05) is 17.3 Å². The molecule has 0 saturated carbocycles. The number of nitrogens with zero attached hydrogens (tertiary/aromatic N) is 1. The van der Waals surface area contributed by atoms with Crippen LogP contribution in [-0.4, -0.2) is 17.0 Å². The van der Waals surface area contributed by atoms with Gasteiger partial charge in [0.15, 0.2) is 11.5 Å². The molecule has 0 radical (unpaired) electrons. The van der Waals surface area contributed by atoms with Crippen LogP contribution in [0.1, 0.15) is 49.7 Å². The number of anilines is 1. The summed E-state index contributed by atoms with van der Waals surface area (Å²) in [6.07, 6.45) is 3.71. The number of amides is 2. The lowest BCUT2D eigenvalue weighted by Gasteiger charge is -2.11. The maximum Gasteiger partial charge on any atom is 0.278 e. The molecule has 1 aliphatic carbocycles. The van der Waals surface area contributed by atoms with E-state index >= 15 is 0 Å². The average Bonchev–Trinajstić information content (AvgIpc) is 3.28. The van der Waals surface area contributed by atoms with Crippen molar-refractivity contribution < 1.29 is 18.5 Å². The summed E-state index contributed by atoms with van der Waals surface area (Å²) < 4.78 is 19.0. The molecule has 0 saturated heterocycles. The first-order valence-electron chi connectivity index (χ1n) is 8.93. The maximum atomic E-state index is 13.8. The molecule has 28 heavy (non-hydrogen) atoms. The predicted molar refractivity (Wildman–Crippen MR) is 104 cm³/mol. The second-order valence-corrected chi connectivity index (χ2v) is 7.88. The molecule has 0 unspecified atom stereocenters. The van der Waals surface area contributed by atoms with Crippen molar-refractivity contribution in [3.05, 3.63) is 57.3 Å². The van der Waals surface area contributed by atoms with Crippen molar-refractivity contribution in [1.82, 2.24) is 5.16 Å². The van der Waals surface area contributed by atoms with Gasteiger partial charge < -0.3 is 15.6 Å². The van der Waals surface area contributed by atoms with E-state index in [0.29, 0.717) is 21.7 Å². The fourth-order valence-electron chi connectivity index (χ4n) is 3.35. The first-order chi connectivity index (χ1) is 13.4. The van der Waals surface area contributed by atoms with Gasteiger partial charge in [-0.05, 0) is 49.8 Å². The van der Waals surface area contributed by atoms with Crippen molar-refractivity contribution in [3.8, 4) is 11.3 Å². The van der Waals surface area contributed by atoms with Crippen LogP contribution >= 0.6 is 11.3 Å². The number of aromatic nitrogens is 1. The largest absolute Gasteiger partial charge is 0.365 e. The standard InChI is InChI=1S/C20H18FN3O3S/c1-10-6-7-11(8-13(10)21)15-9-14(24-27-15)19(26)23-20-17(18(22)25)12-4-2-3-5-16(12)28-20/h6-9H,2-5H2,1H3,(H2,22,25)(H,23,26). The molecule has 6 nitrogen and oxygen atoms in total. The van der Waals surface area contributed by atoms with Crippen LogP contribution < -0.4 is 11.1 Å². The first-order valence-corrected chi connectivity index (χ1v) is 9.74. The van der Waals surface area contributed by atoms with E-state index < -0.39 is 11.8 Å². The van der Waals surface area contributed by atoms with Gasteiger partial charge in [-0.25, -0.2) is 4.39 Å². The summed E-state index contributed by atoms with van der Waals surface area (Å²) in [6.45, 7) is 1.66. The predicted octanol–water partition coefficient (Wildman–Crippen LogP) is 4.08. The van der Waals surface area contributed by atoms with E-state index in [1.807, 2.05) is 0 Å². The number of nitrogens with one attached hydrogen (secondary N) is 1. The molecule has 2 heterocycles. The van der Waals surface area contributed by atoms with Crippen LogP contribution in [0.25, 0.3) is 11.3 Å². The van der Waals surface area contributed by atoms with Gasteiger partial charge in [0.25, 0.3) is 11.8 Å². The third-order valence-corrected chi connectivity index (χ3v) is 6.05. The molecule has 2 aromatic heterocycles. The number of carbonyl (C=O) groups is 2. The van der Waals surface area contributed by atoms with Crippen molar-refractivity contribution in [2.45, 2.75) is 32.6 Å². The highest BCUT2D eigenvalue weighted by atomic mass is 32.1. The van der Waals surface area contributed by atoms with E-state index in [-0.39, 0.29) is 17.3 Å². The van der Waals surface area contributed by atoms with Gasteiger partial charge >= 0.3 is 0 Å². The number of rotatable bonds is 4. The quantitative estimate of drug-likeness (QED) is 0.691. The molecule has 4 rings (SSSR count). The number of fused-ring (bicyclic) bond motifs is 1. The van der Waals surface area contributed by atoms with Gasteiger partial charge in [-0.3, -0.25) is 9.59 Å². The number of thiophene rings is 1. The third-order valence-electron chi connectivity index (χ3n) is 4.84. The van der Waals surface area contributed by atoms with Crippen molar-refractivity contribution in [3.63, 3.8) is 0 Å². The Morgan fingerprint density at radius 3 is 2.79 bits per heavy atom. The van der Waals surface area contributed by atoms with E-state index in [4.69, 9.17) is 10.3 Å². The van der Waals surface area contributed by atoms with E-state index in [1.165, 1.54) is 23.5 Å². The average molecular weight is 399 g/mol. The summed E-state index contributed by atoms with van der Waals surface area (Å²) >= 11 is 1.38. The number of halogens is 1. The van der Waals surface area contributed by atoms with E-state index in [0.717, 1.165) is 36.1 Å². The van der Waals surface area contributed by atoms with Crippen molar-refractivity contribution >= 4 is 28.2 Å². The topological polar surface area (TPSA) is 98.2 Å². The van der Waals surface area contributed by atoms with Crippen LogP contribution in [0, 0.1) is 12.7 Å². The van der Waals surface area contributed by atoms with E-state index in [1.54, 1.807) is 19.1 Å². The summed E-state index contributed by atoms with van der Waals surface area (Å²) in [6, 6.07) is 6.09. The summed E-state index contributed by atoms with van der Waals surface area (Å²) in [7, 11) is 0. The van der Waals surface area contributed by atoms with Crippen LogP contribution in [0.4, 0.5) is 9.39 Å². The number of benzene rings is 1. The Labute approximate surface area is 164 Å². The number of carbonyl (C=O) groups excluding carboxylic acids is 2. The molecule has 0 bridgehead atoms. The lowest BCUT2D eigenvalue weighted by atomic mass is 9.95. The zero-order valence-electron chi connectivity index (χ0n) is 15.2. The Kier molecular flexibility index (Phi) is 4.72. The summed E-state index contributed by atoms with van der Waals surface area (Å²) in [5.41, 5.74) is 7.92. The number of nitrogens with two attached hydrogens (primary N) is 1. The fraction of sp³-hybridized carbons (Fsp3) is 0.250. The van der Waals surface area contributed by atoms with Gasteiger partial charge in [0.2, 0.25) is 0 Å². The van der Waals surface area contributed by atoms with Crippen LogP contribution in [0.15, 0.2) is 28.8 Å². The minimum atomic E-state index is -0.550. The Morgan fingerprint density at radius 2 is 2.04 bits per heavy atom. The highest BCUT2D eigenvalue weighted by Gasteiger charge is 2.26. The molecular formula is C20H18FN3O3S. The van der Waals surface area contributed by atoms with E-state index in [9.17, 15) is 14.0 Å². The summed E-state index contributed by atoms with van der Waals surface area (Å²) in [5, 5.41) is 6.95. The first kappa shape index (κ1) is 18.4. The van der Waals surface area contributed by atoms with Crippen LogP contribution in [0.3, 0.4) is 0 Å². The van der Waals surface area contributed by atoms with Gasteiger partial charge in [-0.15, -0.1) is 11.3 Å². The van der Waals surface area contributed by atoms with Crippen molar-refractivity contribution in [2.24, 2.45) is 5.73 Å². The van der Waals surface area contributed by atoms with Crippen molar-refractivity contribution in [2.75, 3.05) is 5.32 Å². The SMILES string of the molecule is Cc1ccc(-c2cc(C(=O)Nc3sc4c(c3C(N)=O)CCCC4)no2)cc1F. The summed E-state index contributed by atoms with van der Waals surface area (Å²) in [4.78, 5) is 25.6. The van der Waals surface area contributed by atoms with Gasteiger partial charge in [0, 0.05) is 16.5 Å². The molecule has 1 aliphatic rings. The Morgan fingerprint density at radius 1 is 1.25 bits per heavy atom. The molecule has 3 N–H and O–H groups in total. The fourth-order valence-corrected chi connectivity index (χ4v) is 4.64. The Bertz CT molecular complexity index is 1090. The lowest BCUT2D eigenvalue weighted by Crippen LogP contribution is -2.18. The maximum absolute atomic E-state index is 13.8. The minimum Gasteiger partial charge on any atom is -0.365 e. The molecule has 1 aromatic carbocycles. The molecule has 0 aliphatic heterocycles. The molecule has 2 amide bonds. The minimum absolute atomic E-state index is 0.0396. The number of primary amides is 1. The highest BCUT2D eigenvalue weighted by Crippen LogP contribution is 2.38. The second-order valence-electron chi connectivity index (χ2n) is 6.77. The molecule has 0 spiro atoms. The van der Waals surface area contributed by atoms with Gasteiger partial charge in [0.05, 0.1) is 5.56 Å². The van der Waals surface area contributed by atoms with Crippen LogP contribution in [0.5, 0.6) is 0 Å². The van der Waals surface area contributed by atoms with E-state index in [2.05, 4.69) is 10.5 Å². The second kappa shape index (κ2) is 7.20. The molecular weight excluding hydrogens is 381 g/mol. The monoisotopic (exact) mass is 399 g/mol. The zero-order valence-corrected chi connectivity index (χ0v) is 16.0. The number of hydrogen-bond acceptors (Lipinski definition) is 5.